The lowest BCUT2D eigenvalue weighted by Gasteiger charge is -2.30. The van der Waals surface area contributed by atoms with Crippen LogP contribution in [0.3, 0.4) is 0 Å². The number of nitrogens with two attached hydrogens (primary N) is 2. The predicted octanol–water partition coefficient (Wildman–Crippen LogP) is -0.582. The van der Waals surface area contributed by atoms with Crippen LogP contribution in [0.5, 0.6) is 0 Å². The maximum absolute atomic E-state index is 12.8. The van der Waals surface area contributed by atoms with E-state index in [0.29, 0.717) is 24.7 Å². The highest BCUT2D eigenvalue weighted by atomic mass is 16.2. The first-order valence-electron chi connectivity index (χ1n) is 8.76. The van der Waals surface area contributed by atoms with Crippen LogP contribution < -0.4 is 16.8 Å². The zero-order chi connectivity index (χ0) is 18.6. The van der Waals surface area contributed by atoms with Gasteiger partial charge in [0.05, 0.1) is 24.4 Å². The molecule has 1 aromatic heterocycles. The van der Waals surface area contributed by atoms with E-state index in [2.05, 4.69) is 36.4 Å². The van der Waals surface area contributed by atoms with E-state index >= 15 is 0 Å². The molecule has 140 valence electrons. The largest absolute Gasteiger partial charge is 0.370 e. The fraction of sp³-hybridized carbons (Fsp3) is 0.750. The van der Waals surface area contributed by atoms with Crippen LogP contribution >= 0.6 is 0 Å². The van der Waals surface area contributed by atoms with Gasteiger partial charge in [0.2, 0.25) is 11.8 Å². The van der Waals surface area contributed by atoms with Crippen LogP contribution in [0, 0.1) is 11.8 Å². The fourth-order valence-corrected chi connectivity index (χ4v) is 2.86. The quantitative estimate of drug-likeness (QED) is 0.602. The molecule has 2 rings (SSSR count). The van der Waals surface area contributed by atoms with Gasteiger partial charge in [-0.05, 0) is 11.8 Å². The van der Waals surface area contributed by atoms with Crippen LogP contribution in [0.25, 0.3) is 0 Å². The lowest BCUT2D eigenvalue weighted by atomic mass is 9.89. The standard InChI is InChI=1S/C16H29N7O2/c1-10(2)11(3)15(18)12-9-23(21-20-12)13(8-14(17)24)16(25)22-6-4-19-5-7-22/h9-11,13,15,19H,4-8,18H2,1-3H3,(H2,17,24)/t11-,13-,15-/m0/s1. The molecule has 1 saturated heterocycles. The van der Waals surface area contributed by atoms with Crippen molar-refractivity contribution in [1.82, 2.24) is 25.2 Å². The highest BCUT2D eigenvalue weighted by molar-refractivity contribution is 5.86. The molecular weight excluding hydrogens is 322 g/mol. The lowest BCUT2D eigenvalue weighted by Crippen LogP contribution is -2.49. The van der Waals surface area contributed by atoms with Crippen molar-refractivity contribution in [3.63, 3.8) is 0 Å². The van der Waals surface area contributed by atoms with Crippen molar-refractivity contribution in [2.24, 2.45) is 23.3 Å². The third kappa shape index (κ3) is 4.76. The van der Waals surface area contributed by atoms with Crippen LogP contribution in [0.4, 0.5) is 0 Å². The van der Waals surface area contributed by atoms with E-state index in [1.165, 1.54) is 4.68 Å². The van der Waals surface area contributed by atoms with Crippen LogP contribution in [0.15, 0.2) is 6.20 Å². The average molecular weight is 351 g/mol. The number of piperazine rings is 1. The first kappa shape index (κ1) is 19.3. The molecule has 0 spiro atoms. The molecule has 2 amide bonds. The van der Waals surface area contributed by atoms with Gasteiger partial charge in [-0.2, -0.15) is 0 Å². The van der Waals surface area contributed by atoms with Gasteiger partial charge in [0, 0.05) is 26.2 Å². The van der Waals surface area contributed by atoms with Crippen LogP contribution in [-0.2, 0) is 9.59 Å². The van der Waals surface area contributed by atoms with E-state index < -0.39 is 11.9 Å². The second kappa shape index (κ2) is 8.39. The SMILES string of the molecule is CC(C)[C@H](C)[C@H](N)c1cn([C@@H](CC(N)=O)C(=O)N2CCNCC2)nn1. The second-order valence-corrected chi connectivity index (χ2v) is 7.01. The zero-order valence-corrected chi connectivity index (χ0v) is 15.2. The van der Waals surface area contributed by atoms with Crippen LogP contribution in [0.1, 0.15) is 45.0 Å². The van der Waals surface area contributed by atoms with Crippen molar-refractivity contribution < 1.29 is 9.59 Å². The summed E-state index contributed by atoms with van der Waals surface area (Å²) in [5, 5.41) is 11.4. The first-order chi connectivity index (χ1) is 11.8. The van der Waals surface area contributed by atoms with Gasteiger partial charge in [-0.3, -0.25) is 9.59 Å². The molecule has 0 saturated carbocycles. The average Bonchev–Trinajstić information content (AvgIpc) is 3.08. The molecule has 3 atom stereocenters. The Morgan fingerprint density at radius 3 is 2.48 bits per heavy atom. The summed E-state index contributed by atoms with van der Waals surface area (Å²) in [4.78, 5) is 26.0. The Labute approximate surface area is 148 Å². The molecule has 0 aliphatic carbocycles. The van der Waals surface area contributed by atoms with Crippen molar-refractivity contribution >= 4 is 11.8 Å². The number of carbonyl (C=O) groups is 2. The summed E-state index contributed by atoms with van der Waals surface area (Å²) < 4.78 is 1.43. The topological polar surface area (TPSA) is 132 Å². The maximum atomic E-state index is 12.8. The second-order valence-electron chi connectivity index (χ2n) is 7.01. The number of carbonyl (C=O) groups excluding carboxylic acids is 2. The highest BCUT2D eigenvalue weighted by Crippen LogP contribution is 2.25. The molecule has 5 N–H and O–H groups in total. The van der Waals surface area contributed by atoms with Gasteiger partial charge in [0.1, 0.15) is 6.04 Å². The van der Waals surface area contributed by atoms with Crippen molar-refractivity contribution in [2.45, 2.75) is 39.3 Å². The molecule has 1 aliphatic rings. The number of rotatable bonds is 7. The number of aromatic nitrogens is 3. The minimum Gasteiger partial charge on any atom is -0.370 e. The van der Waals surface area contributed by atoms with Gasteiger partial charge < -0.3 is 21.7 Å². The van der Waals surface area contributed by atoms with Gasteiger partial charge in [0.15, 0.2) is 0 Å². The van der Waals surface area contributed by atoms with E-state index in [1.54, 1.807) is 11.1 Å². The maximum Gasteiger partial charge on any atom is 0.248 e. The summed E-state index contributed by atoms with van der Waals surface area (Å²) in [5.74, 6) is -0.111. The molecule has 0 unspecified atom stereocenters. The fourth-order valence-electron chi connectivity index (χ4n) is 2.86. The molecule has 9 heteroatoms. The van der Waals surface area contributed by atoms with Crippen molar-refractivity contribution in [1.29, 1.82) is 0 Å². The molecule has 1 fully saturated rings. The first-order valence-corrected chi connectivity index (χ1v) is 8.76. The Balaban J connectivity index is 2.20. The number of primary amides is 1. The van der Waals surface area contributed by atoms with Gasteiger partial charge in [-0.1, -0.05) is 26.0 Å². The Bertz CT molecular complexity index is 595. The summed E-state index contributed by atoms with van der Waals surface area (Å²) in [5.41, 5.74) is 12.2. The summed E-state index contributed by atoms with van der Waals surface area (Å²) in [6.45, 7) is 8.90. The Hall–Kier alpha value is -2.00. The highest BCUT2D eigenvalue weighted by Gasteiger charge is 2.30. The zero-order valence-electron chi connectivity index (χ0n) is 15.2. The number of nitrogens with one attached hydrogen (secondary N) is 1. The van der Waals surface area contributed by atoms with Crippen LogP contribution in [-0.4, -0.2) is 57.9 Å². The molecule has 25 heavy (non-hydrogen) atoms. The van der Waals surface area contributed by atoms with E-state index in [1.807, 2.05) is 0 Å². The summed E-state index contributed by atoms with van der Waals surface area (Å²) >= 11 is 0. The molecule has 9 nitrogen and oxygen atoms in total. The Morgan fingerprint density at radius 1 is 1.28 bits per heavy atom. The van der Waals surface area contributed by atoms with Crippen LogP contribution in [0.2, 0.25) is 0 Å². The van der Waals surface area contributed by atoms with Crippen molar-refractivity contribution in [2.75, 3.05) is 26.2 Å². The van der Waals surface area contributed by atoms with E-state index in [0.717, 1.165) is 13.1 Å². The van der Waals surface area contributed by atoms with Crippen molar-refractivity contribution in [3.8, 4) is 0 Å². The van der Waals surface area contributed by atoms with Gasteiger partial charge in [-0.25, -0.2) is 4.68 Å². The minimum absolute atomic E-state index is 0.111. The molecular formula is C16H29N7O2. The summed E-state index contributed by atoms with van der Waals surface area (Å²) in [7, 11) is 0. The Kier molecular flexibility index (Phi) is 6.49. The van der Waals surface area contributed by atoms with Crippen molar-refractivity contribution in [3.05, 3.63) is 11.9 Å². The molecule has 0 radical (unpaired) electrons. The van der Waals surface area contributed by atoms with E-state index in [9.17, 15) is 9.59 Å². The Morgan fingerprint density at radius 2 is 1.92 bits per heavy atom. The molecule has 1 aromatic rings. The van der Waals surface area contributed by atoms with Gasteiger partial charge >= 0.3 is 0 Å². The lowest BCUT2D eigenvalue weighted by molar-refractivity contribution is -0.138. The summed E-state index contributed by atoms with van der Waals surface area (Å²) in [6, 6.07) is -1.06. The smallest absolute Gasteiger partial charge is 0.248 e. The number of amides is 2. The third-order valence-corrected chi connectivity index (χ3v) is 4.92. The number of hydrogen-bond acceptors (Lipinski definition) is 6. The normalized spacial score (nSPS) is 18.8. The number of hydrogen-bond donors (Lipinski definition) is 3. The predicted molar refractivity (Wildman–Crippen MR) is 93.3 cm³/mol. The monoisotopic (exact) mass is 351 g/mol. The third-order valence-electron chi connectivity index (χ3n) is 4.92. The van der Waals surface area contributed by atoms with E-state index in [4.69, 9.17) is 11.5 Å². The van der Waals surface area contributed by atoms with Gasteiger partial charge in [0.25, 0.3) is 0 Å². The van der Waals surface area contributed by atoms with E-state index in [-0.39, 0.29) is 24.3 Å². The minimum atomic E-state index is -0.779. The summed E-state index contributed by atoms with van der Waals surface area (Å²) in [6.07, 6.45) is 1.55. The molecule has 1 aliphatic heterocycles. The molecule has 0 bridgehead atoms. The van der Waals surface area contributed by atoms with Gasteiger partial charge in [-0.15, -0.1) is 5.10 Å². The molecule has 0 aromatic carbocycles. The molecule has 2 heterocycles. The number of nitrogens with zero attached hydrogens (tertiary/aromatic N) is 4.